The number of aromatic nitrogens is 4. The number of hydrogen-bond donors (Lipinski definition) is 3. The Morgan fingerprint density at radius 2 is 2.00 bits per heavy atom. The number of rotatable bonds is 3. The van der Waals surface area contributed by atoms with E-state index in [1.165, 1.54) is 0 Å². The van der Waals surface area contributed by atoms with Gasteiger partial charge in [-0.15, -0.1) is 5.10 Å². The highest BCUT2D eigenvalue weighted by atomic mass is 15.3. The molecule has 1 fully saturated rings. The monoisotopic (exact) mass is 337 g/mol. The van der Waals surface area contributed by atoms with E-state index in [0.717, 1.165) is 54.1 Å². The summed E-state index contributed by atoms with van der Waals surface area (Å²) in [6.45, 7) is 2.01. The lowest BCUT2D eigenvalue weighted by atomic mass is 9.85. The van der Waals surface area contributed by atoms with Crippen LogP contribution < -0.4 is 16.8 Å². The van der Waals surface area contributed by atoms with Crippen molar-refractivity contribution < 1.29 is 0 Å². The zero-order valence-corrected chi connectivity index (χ0v) is 14.3. The standard InChI is InChI=1S/C18H23N7/c1-11-2-7-17(21-9-11)22-14-8-16(20)24-25-10-15(23-18(14)25)12-3-5-13(19)6-4-12/h2,7-10,12-13H,3-6,19H2,1H3,(H2,20,24)(H,21,22)/t12-,13+. The smallest absolute Gasteiger partial charge is 0.177 e. The molecule has 0 atom stereocenters. The van der Waals surface area contributed by atoms with Gasteiger partial charge in [0.25, 0.3) is 0 Å². The molecule has 0 amide bonds. The van der Waals surface area contributed by atoms with Crippen LogP contribution in [0.2, 0.25) is 0 Å². The second-order valence-corrected chi connectivity index (χ2v) is 6.87. The van der Waals surface area contributed by atoms with Gasteiger partial charge in [-0.2, -0.15) is 0 Å². The highest BCUT2D eigenvalue weighted by molar-refractivity contribution is 5.74. The Balaban J connectivity index is 1.68. The number of aryl methyl sites for hydroxylation is 1. The van der Waals surface area contributed by atoms with Crippen molar-refractivity contribution in [1.29, 1.82) is 0 Å². The van der Waals surface area contributed by atoms with E-state index in [9.17, 15) is 0 Å². The van der Waals surface area contributed by atoms with E-state index in [4.69, 9.17) is 16.5 Å². The first-order valence-corrected chi connectivity index (χ1v) is 8.69. The Morgan fingerprint density at radius 3 is 2.72 bits per heavy atom. The summed E-state index contributed by atoms with van der Waals surface area (Å²) in [7, 11) is 0. The van der Waals surface area contributed by atoms with Crippen molar-refractivity contribution in [3.63, 3.8) is 0 Å². The highest BCUT2D eigenvalue weighted by Gasteiger charge is 2.23. The van der Waals surface area contributed by atoms with E-state index in [1.807, 2.05) is 31.5 Å². The number of pyridine rings is 1. The highest BCUT2D eigenvalue weighted by Crippen LogP contribution is 2.33. The molecule has 130 valence electrons. The fourth-order valence-electron chi connectivity index (χ4n) is 3.40. The molecule has 0 saturated heterocycles. The van der Waals surface area contributed by atoms with Gasteiger partial charge >= 0.3 is 0 Å². The summed E-state index contributed by atoms with van der Waals surface area (Å²) in [4.78, 5) is 9.22. The zero-order chi connectivity index (χ0) is 17.4. The van der Waals surface area contributed by atoms with Gasteiger partial charge in [0.05, 0.1) is 17.6 Å². The Labute approximate surface area is 146 Å². The first kappa shape index (κ1) is 15.8. The molecule has 0 aliphatic heterocycles. The maximum atomic E-state index is 6.02. The lowest BCUT2D eigenvalue weighted by Crippen LogP contribution is -2.25. The molecule has 0 radical (unpaired) electrons. The second-order valence-electron chi connectivity index (χ2n) is 6.87. The van der Waals surface area contributed by atoms with Gasteiger partial charge in [0.1, 0.15) is 11.6 Å². The van der Waals surface area contributed by atoms with Crippen LogP contribution in [0, 0.1) is 6.92 Å². The van der Waals surface area contributed by atoms with E-state index in [0.29, 0.717) is 17.8 Å². The molecule has 4 rings (SSSR count). The van der Waals surface area contributed by atoms with Crippen LogP contribution in [0.3, 0.4) is 0 Å². The second kappa shape index (κ2) is 6.33. The lowest BCUT2D eigenvalue weighted by molar-refractivity contribution is 0.391. The van der Waals surface area contributed by atoms with Crippen LogP contribution in [0.1, 0.15) is 42.9 Å². The van der Waals surface area contributed by atoms with Gasteiger partial charge in [-0.05, 0) is 44.2 Å². The van der Waals surface area contributed by atoms with Crippen LogP contribution in [0.25, 0.3) is 5.65 Å². The van der Waals surface area contributed by atoms with E-state index in [-0.39, 0.29) is 0 Å². The van der Waals surface area contributed by atoms with Crippen LogP contribution >= 0.6 is 0 Å². The molecule has 3 heterocycles. The van der Waals surface area contributed by atoms with Crippen molar-refractivity contribution in [2.45, 2.75) is 44.6 Å². The quantitative estimate of drug-likeness (QED) is 0.678. The molecular weight excluding hydrogens is 314 g/mol. The molecule has 0 spiro atoms. The van der Waals surface area contributed by atoms with Crippen LogP contribution in [0.4, 0.5) is 17.3 Å². The van der Waals surface area contributed by atoms with Gasteiger partial charge in [0, 0.05) is 24.2 Å². The van der Waals surface area contributed by atoms with Crippen LogP contribution in [-0.2, 0) is 0 Å². The zero-order valence-electron chi connectivity index (χ0n) is 14.3. The average molecular weight is 337 g/mol. The Kier molecular flexibility index (Phi) is 4.01. The summed E-state index contributed by atoms with van der Waals surface area (Å²) in [6, 6.07) is 6.07. The third kappa shape index (κ3) is 3.28. The maximum absolute atomic E-state index is 6.02. The summed E-state index contributed by atoms with van der Waals surface area (Å²) >= 11 is 0. The van der Waals surface area contributed by atoms with Gasteiger partial charge in [0.15, 0.2) is 5.65 Å². The molecule has 0 aromatic carbocycles. The minimum atomic E-state index is 0.326. The van der Waals surface area contributed by atoms with E-state index in [2.05, 4.69) is 15.4 Å². The minimum absolute atomic E-state index is 0.326. The van der Waals surface area contributed by atoms with E-state index < -0.39 is 0 Å². The fourth-order valence-corrected chi connectivity index (χ4v) is 3.40. The van der Waals surface area contributed by atoms with Crippen molar-refractivity contribution in [3.8, 4) is 0 Å². The topological polar surface area (TPSA) is 107 Å². The summed E-state index contributed by atoms with van der Waals surface area (Å²) in [5.74, 6) is 1.64. The molecule has 3 aromatic heterocycles. The van der Waals surface area contributed by atoms with Gasteiger partial charge in [0.2, 0.25) is 0 Å². The number of hydrogen-bond acceptors (Lipinski definition) is 6. The normalized spacial score (nSPS) is 20.7. The van der Waals surface area contributed by atoms with Crippen LogP contribution in [0.15, 0.2) is 30.6 Å². The van der Waals surface area contributed by atoms with Gasteiger partial charge < -0.3 is 16.8 Å². The number of nitrogens with two attached hydrogens (primary N) is 2. The number of nitrogen functional groups attached to an aromatic ring is 1. The van der Waals surface area contributed by atoms with Crippen molar-refractivity contribution in [2.24, 2.45) is 5.73 Å². The summed E-state index contributed by atoms with van der Waals surface area (Å²) in [5.41, 5.74) is 15.7. The van der Waals surface area contributed by atoms with Crippen molar-refractivity contribution in [2.75, 3.05) is 11.1 Å². The molecule has 3 aromatic rings. The largest absolute Gasteiger partial charge is 0.382 e. The number of nitrogens with zero attached hydrogens (tertiary/aromatic N) is 4. The molecule has 0 unspecified atom stereocenters. The fraction of sp³-hybridized carbons (Fsp3) is 0.389. The minimum Gasteiger partial charge on any atom is -0.382 e. The van der Waals surface area contributed by atoms with Crippen LogP contribution in [0.5, 0.6) is 0 Å². The molecule has 0 bridgehead atoms. The molecule has 1 saturated carbocycles. The maximum Gasteiger partial charge on any atom is 0.177 e. The molecule has 1 aliphatic carbocycles. The lowest BCUT2D eigenvalue weighted by Gasteiger charge is -2.24. The third-order valence-corrected chi connectivity index (χ3v) is 4.83. The molecule has 5 N–H and O–H groups in total. The number of anilines is 3. The summed E-state index contributed by atoms with van der Waals surface area (Å²) in [5, 5.41) is 7.67. The first-order chi connectivity index (χ1) is 12.1. The van der Waals surface area contributed by atoms with Gasteiger partial charge in [-0.3, -0.25) is 0 Å². The first-order valence-electron chi connectivity index (χ1n) is 8.69. The average Bonchev–Trinajstić information content (AvgIpc) is 3.01. The third-order valence-electron chi connectivity index (χ3n) is 4.83. The van der Waals surface area contributed by atoms with Crippen molar-refractivity contribution in [3.05, 3.63) is 41.9 Å². The van der Waals surface area contributed by atoms with Crippen molar-refractivity contribution >= 4 is 23.0 Å². The summed E-state index contributed by atoms with van der Waals surface area (Å²) < 4.78 is 1.76. The van der Waals surface area contributed by atoms with Gasteiger partial charge in [-0.25, -0.2) is 14.5 Å². The number of nitrogens with one attached hydrogen (secondary N) is 1. The number of imidazole rings is 1. The molecule has 7 heteroatoms. The molecule has 1 aliphatic rings. The van der Waals surface area contributed by atoms with Crippen molar-refractivity contribution in [1.82, 2.24) is 19.6 Å². The molecule has 25 heavy (non-hydrogen) atoms. The SMILES string of the molecule is Cc1ccc(Nc2cc(N)nn3cc([C@H]4CC[C@@H](N)CC4)nc23)nc1. The predicted octanol–water partition coefficient (Wildman–Crippen LogP) is 2.74. The number of fused-ring (bicyclic) bond motifs is 1. The van der Waals surface area contributed by atoms with E-state index >= 15 is 0 Å². The van der Waals surface area contributed by atoms with Gasteiger partial charge in [-0.1, -0.05) is 6.07 Å². The Hall–Kier alpha value is -2.67. The summed E-state index contributed by atoms with van der Waals surface area (Å²) in [6.07, 6.45) is 8.05. The Bertz CT molecular complexity index is 876. The van der Waals surface area contributed by atoms with E-state index in [1.54, 1.807) is 10.6 Å². The molecule has 7 nitrogen and oxygen atoms in total. The van der Waals surface area contributed by atoms with Crippen LogP contribution in [-0.4, -0.2) is 25.6 Å². The Morgan fingerprint density at radius 1 is 1.20 bits per heavy atom. The molecular formula is C18H23N7. The predicted molar refractivity (Wildman–Crippen MR) is 98.8 cm³/mol.